The third-order valence-corrected chi connectivity index (χ3v) is 5.55. The summed E-state index contributed by atoms with van der Waals surface area (Å²) >= 11 is 0. The third kappa shape index (κ3) is 14.6. The monoisotopic (exact) mass is 592 g/mol. The second-order valence-corrected chi connectivity index (χ2v) is 11.9. The molecule has 0 atom stereocenters. The van der Waals surface area contributed by atoms with Crippen LogP contribution in [0.3, 0.4) is 0 Å². The molecule has 0 fully saturated rings. The SMILES string of the molecule is CN(C)Cc1cc(CN(C)C)c([O-])c(CN(C)C)c1.CN(C)Cc1cc(CN(C)C)c([O-])c(CN(C)C)c1.[Zn+2]. The van der Waals surface area contributed by atoms with Gasteiger partial charge in [0, 0.05) is 39.3 Å². The molecule has 0 radical (unpaired) electrons. The topological polar surface area (TPSA) is 65.6 Å². The molecule has 0 spiro atoms. The normalized spacial score (nSPS) is 11.5. The van der Waals surface area contributed by atoms with Gasteiger partial charge in [-0.05, 0) is 118 Å². The minimum atomic E-state index is 0. The third-order valence-electron chi connectivity index (χ3n) is 5.55. The molecule has 39 heavy (non-hydrogen) atoms. The molecule has 0 amide bonds. The zero-order chi connectivity index (χ0) is 29.2. The molecule has 0 heterocycles. The van der Waals surface area contributed by atoms with Crippen LogP contribution in [0.5, 0.6) is 11.5 Å². The second kappa shape index (κ2) is 18.0. The summed E-state index contributed by atoms with van der Waals surface area (Å²) in [4.78, 5) is 12.4. The van der Waals surface area contributed by atoms with Crippen molar-refractivity contribution < 1.29 is 29.7 Å². The maximum Gasteiger partial charge on any atom is 2.00 e. The fraction of sp³-hybridized carbons (Fsp3) is 0.600. The number of benzene rings is 2. The van der Waals surface area contributed by atoms with Crippen molar-refractivity contribution in [1.82, 2.24) is 29.4 Å². The van der Waals surface area contributed by atoms with Gasteiger partial charge in [-0.1, -0.05) is 35.8 Å². The molecule has 0 aliphatic carbocycles. The van der Waals surface area contributed by atoms with E-state index in [4.69, 9.17) is 0 Å². The van der Waals surface area contributed by atoms with E-state index < -0.39 is 0 Å². The van der Waals surface area contributed by atoms with E-state index in [0.29, 0.717) is 26.2 Å². The van der Waals surface area contributed by atoms with Gasteiger partial charge in [-0.25, -0.2) is 0 Å². The van der Waals surface area contributed by atoms with E-state index in [1.807, 2.05) is 128 Å². The van der Waals surface area contributed by atoms with E-state index in [0.717, 1.165) is 35.3 Å². The number of nitrogens with zero attached hydrogens (tertiary/aromatic N) is 6. The van der Waals surface area contributed by atoms with Crippen molar-refractivity contribution in [3.63, 3.8) is 0 Å². The van der Waals surface area contributed by atoms with Crippen molar-refractivity contribution in [3.05, 3.63) is 57.6 Å². The summed E-state index contributed by atoms with van der Waals surface area (Å²) in [7, 11) is 24.1. The molecule has 0 aliphatic heterocycles. The van der Waals surface area contributed by atoms with Crippen molar-refractivity contribution in [2.45, 2.75) is 39.3 Å². The van der Waals surface area contributed by atoms with E-state index >= 15 is 0 Å². The van der Waals surface area contributed by atoms with Crippen molar-refractivity contribution in [2.24, 2.45) is 0 Å². The first-order valence-electron chi connectivity index (χ1n) is 13.1. The molecule has 2 aromatic rings. The van der Waals surface area contributed by atoms with E-state index in [2.05, 4.69) is 9.80 Å². The Morgan fingerprint density at radius 1 is 0.385 bits per heavy atom. The molecule has 0 aliphatic rings. The first-order valence-corrected chi connectivity index (χ1v) is 13.1. The Morgan fingerprint density at radius 3 is 0.718 bits per heavy atom. The van der Waals surface area contributed by atoms with Crippen LogP contribution >= 0.6 is 0 Å². The van der Waals surface area contributed by atoms with Gasteiger partial charge in [0.15, 0.2) is 0 Å². The van der Waals surface area contributed by atoms with Crippen LogP contribution in [-0.2, 0) is 58.7 Å². The first kappa shape index (κ1) is 37.4. The number of rotatable bonds is 12. The van der Waals surface area contributed by atoms with Crippen molar-refractivity contribution in [2.75, 3.05) is 84.6 Å². The maximum atomic E-state index is 12.4. The predicted octanol–water partition coefficient (Wildman–Crippen LogP) is 1.89. The molecule has 0 saturated heterocycles. The van der Waals surface area contributed by atoms with Gasteiger partial charge in [0.1, 0.15) is 0 Å². The van der Waals surface area contributed by atoms with Gasteiger partial charge in [0.2, 0.25) is 0 Å². The van der Waals surface area contributed by atoms with Crippen LogP contribution in [0.25, 0.3) is 0 Å². The molecule has 0 unspecified atom stereocenters. The number of hydrogen-bond acceptors (Lipinski definition) is 8. The first-order chi connectivity index (χ1) is 17.6. The molecular weight excluding hydrogens is 542 g/mol. The molecule has 2 rings (SSSR count). The molecular formula is C30H52N6O2Zn. The molecule has 2 aromatic carbocycles. The van der Waals surface area contributed by atoms with Crippen LogP contribution in [0.4, 0.5) is 0 Å². The van der Waals surface area contributed by atoms with Crippen LogP contribution in [0, 0.1) is 0 Å². The summed E-state index contributed by atoms with van der Waals surface area (Å²) in [5.74, 6) is 0.370. The van der Waals surface area contributed by atoms with Crippen LogP contribution in [0.1, 0.15) is 33.4 Å². The van der Waals surface area contributed by atoms with Gasteiger partial charge in [-0.3, -0.25) is 0 Å². The Bertz CT molecular complexity index is 852. The Labute approximate surface area is 251 Å². The van der Waals surface area contributed by atoms with Gasteiger partial charge < -0.3 is 39.6 Å². The Hall–Kier alpha value is -1.58. The zero-order valence-electron chi connectivity index (χ0n) is 26.8. The van der Waals surface area contributed by atoms with E-state index in [9.17, 15) is 10.2 Å². The Balaban J connectivity index is 0.000000722. The van der Waals surface area contributed by atoms with Crippen LogP contribution in [0.15, 0.2) is 24.3 Å². The Kier molecular flexibility index (Phi) is 17.2. The quantitative estimate of drug-likeness (QED) is 0.346. The number of hydrogen-bond donors (Lipinski definition) is 0. The van der Waals surface area contributed by atoms with E-state index in [-0.39, 0.29) is 31.0 Å². The molecule has 0 aromatic heterocycles. The van der Waals surface area contributed by atoms with Crippen molar-refractivity contribution in [1.29, 1.82) is 0 Å². The molecule has 0 saturated carbocycles. The summed E-state index contributed by atoms with van der Waals surface area (Å²) in [5.41, 5.74) is 5.97. The summed E-state index contributed by atoms with van der Waals surface area (Å²) < 4.78 is 0. The molecule has 8 nitrogen and oxygen atoms in total. The van der Waals surface area contributed by atoms with Crippen molar-refractivity contribution in [3.8, 4) is 11.5 Å². The largest absolute Gasteiger partial charge is 2.00 e. The van der Waals surface area contributed by atoms with E-state index in [1.165, 1.54) is 11.1 Å². The van der Waals surface area contributed by atoms with E-state index in [1.54, 1.807) is 0 Å². The fourth-order valence-electron chi connectivity index (χ4n) is 4.40. The average molecular weight is 594 g/mol. The molecule has 216 valence electrons. The fourth-order valence-corrected chi connectivity index (χ4v) is 4.40. The summed E-state index contributed by atoms with van der Waals surface area (Å²) in [5, 5.41) is 24.8. The summed E-state index contributed by atoms with van der Waals surface area (Å²) in [6, 6.07) is 8.17. The molecule has 0 N–H and O–H groups in total. The molecule has 0 bridgehead atoms. The van der Waals surface area contributed by atoms with Crippen LogP contribution < -0.4 is 10.2 Å². The summed E-state index contributed by atoms with van der Waals surface area (Å²) in [6.45, 7) is 4.50. The second-order valence-electron chi connectivity index (χ2n) is 11.9. The Morgan fingerprint density at radius 2 is 0.564 bits per heavy atom. The van der Waals surface area contributed by atoms with Crippen LogP contribution in [-0.4, -0.2) is 114 Å². The zero-order valence-corrected chi connectivity index (χ0v) is 29.7. The van der Waals surface area contributed by atoms with Gasteiger partial charge in [0.25, 0.3) is 0 Å². The smallest absolute Gasteiger partial charge is 0.872 e. The average Bonchev–Trinajstić information content (AvgIpc) is 2.73. The van der Waals surface area contributed by atoms with Gasteiger partial charge in [-0.2, -0.15) is 0 Å². The maximum absolute atomic E-state index is 12.4. The minimum absolute atomic E-state index is 0. The minimum Gasteiger partial charge on any atom is -0.872 e. The standard InChI is InChI=1S/2C15H27N3O.Zn/c2*1-16(2)9-12-7-13(10-17(3)4)15(19)14(8-12)11-18(5)6;/h2*7-8,19H,9-11H2,1-6H3;/q;;+2/p-2. The van der Waals surface area contributed by atoms with Crippen molar-refractivity contribution >= 4 is 0 Å². The van der Waals surface area contributed by atoms with Gasteiger partial charge in [0.05, 0.1) is 0 Å². The molecule has 9 heteroatoms. The predicted molar refractivity (Wildman–Crippen MR) is 156 cm³/mol. The van der Waals surface area contributed by atoms with Crippen LogP contribution in [0.2, 0.25) is 0 Å². The van der Waals surface area contributed by atoms with Gasteiger partial charge in [-0.15, -0.1) is 0 Å². The van der Waals surface area contributed by atoms with Gasteiger partial charge >= 0.3 is 19.5 Å². The summed E-state index contributed by atoms with van der Waals surface area (Å²) in [6.07, 6.45) is 0.